The summed E-state index contributed by atoms with van der Waals surface area (Å²) in [6, 6.07) is 8.72. The first-order valence-electron chi connectivity index (χ1n) is 10.0. The smallest absolute Gasteiger partial charge is 0.242 e. The number of carbonyl (C=O) groups is 1. The Bertz CT molecular complexity index is 629. The minimum atomic E-state index is -0.142. The second-order valence-electron chi connectivity index (χ2n) is 7.78. The van der Waals surface area contributed by atoms with Crippen molar-refractivity contribution in [2.45, 2.75) is 50.6 Å². The molecule has 2 fully saturated rings. The van der Waals surface area contributed by atoms with Crippen LogP contribution in [0, 0.1) is 5.92 Å². The predicted molar refractivity (Wildman–Crippen MR) is 99.5 cm³/mol. The van der Waals surface area contributed by atoms with E-state index in [0.29, 0.717) is 5.92 Å². The SMILES string of the molecule is CON(CC1CCOCC1)C1CCN(C2CCCc3ccccc32)C1=O. The number of nitrogens with zero attached hydrogens (tertiary/aromatic N) is 2. The summed E-state index contributed by atoms with van der Waals surface area (Å²) in [7, 11) is 1.70. The molecule has 26 heavy (non-hydrogen) atoms. The van der Waals surface area contributed by atoms with E-state index in [4.69, 9.17) is 9.57 Å². The average Bonchev–Trinajstić information content (AvgIpc) is 3.07. The highest BCUT2D eigenvalue weighted by Gasteiger charge is 2.41. The summed E-state index contributed by atoms with van der Waals surface area (Å²) < 4.78 is 5.46. The van der Waals surface area contributed by atoms with Crippen LogP contribution in [0.5, 0.6) is 0 Å². The Morgan fingerprint density at radius 2 is 2.00 bits per heavy atom. The van der Waals surface area contributed by atoms with Crippen molar-refractivity contribution in [3.05, 3.63) is 35.4 Å². The molecule has 2 heterocycles. The Morgan fingerprint density at radius 3 is 2.81 bits per heavy atom. The summed E-state index contributed by atoms with van der Waals surface area (Å²) in [4.78, 5) is 21.0. The predicted octanol–water partition coefficient (Wildman–Crippen LogP) is 2.95. The zero-order valence-corrected chi connectivity index (χ0v) is 15.7. The molecule has 0 aromatic heterocycles. The van der Waals surface area contributed by atoms with Gasteiger partial charge in [-0.05, 0) is 55.6 Å². The monoisotopic (exact) mass is 358 g/mol. The van der Waals surface area contributed by atoms with Gasteiger partial charge in [-0.15, -0.1) is 0 Å². The molecule has 1 aromatic rings. The first kappa shape index (κ1) is 18.0. The minimum absolute atomic E-state index is 0.142. The Labute approximate surface area is 156 Å². The van der Waals surface area contributed by atoms with Crippen LogP contribution in [0.4, 0.5) is 0 Å². The molecule has 5 heteroatoms. The van der Waals surface area contributed by atoms with Gasteiger partial charge < -0.3 is 14.5 Å². The summed E-state index contributed by atoms with van der Waals surface area (Å²) in [6.45, 7) is 3.30. The summed E-state index contributed by atoms with van der Waals surface area (Å²) in [5.74, 6) is 0.793. The first-order chi connectivity index (χ1) is 12.8. The summed E-state index contributed by atoms with van der Waals surface area (Å²) in [5, 5.41) is 1.94. The fourth-order valence-corrected chi connectivity index (χ4v) is 4.83. The van der Waals surface area contributed by atoms with Crippen LogP contribution < -0.4 is 0 Å². The van der Waals surface area contributed by atoms with E-state index in [1.165, 1.54) is 11.1 Å². The molecule has 2 atom stereocenters. The standard InChI is InChI=1S/C21H30N2O3/c1-25-23(15-16-10-13-26-14-11-16)20-9-12-22(21(20)24)19-8-4-6-17-5-2-3-7-18(17)19/h2-3,5,7,16,19-20H,4,6,8-15H2,1H3. The highest BCUT2D eigenvalue weighted by Crippen LogP contribution is 2.37. The fourth-order valence-electron chi connectivity index (χ4n) is 4.83. The van der Waals surface area contributed by atoms with Gasteiger partial charge in [0.25, 0.3) is 0 Å². The lowest BCUT2D eigenvalue weighted by Crippen LogP contribution is -2.45. The molecule has 1 aliphatic carbocycles. The van der Waals surface area contributed by atoms with Crippen molar-refractivity contribution in [2.75, 3.05) is 33.4 Å². The molecule has 0 spiro atoms. The molecule has 0 radical (unpaired) electrons. The number of amides is 1. The normalized spacial score (nSPS) is 27.2. The molecule has 2 unspecified atom stereocenters. The van der Waals surface area contributed by atoms with E-state index in [2.05, 4.69) is 29.2 Å². The molecule has 1 amide bonds. The molecule has 0 saturated carbocycles. The molecule has 2 saturated heterocycles. The van der Waals surface area contributed by atoms with Crippen molar-refractivity contribution >= 4 is 5.91 Å². The third kappa shape index (κ3) is 3.53. The maximum atomic E-state index is 13.2. The van der Waals surface area contributed by atoms with E-state index in [0.717, 1.165) is 64.8 Å². The first-order valence-corrected chi connectivity index (χ1v) is 10.0. The molecule has 0 N–H and O–H groups in total. The van der Waals surface area contributed by atoms with Crippen LogP contribution in [-0.4, -0.2) is 55.3 Å². The van der Waals surface area contributed by atoms with Gasteiger partial charge in [0.1, 0.15) is 6.04 Å². The van der Waals surface area contributed by atoms with Gasteiger partial charge in [0.15, 0.2) is 0 Å². The number of likely N-dealkylation sites (tertiary alicyclic amines) is 1. The lowest BCUT2D eigenvalue weighted by atomic mass is 9.87. The van der Waals surface area contributed by atoms with Crippen LogP contribution in [0.25, 0.3) is 0 Å². The number of rotatable bonds is 5. The molecule has 142 valence electrons. The summed E-state index contributed by atoms with van der Waals surface area (Å²) >= 11 is 0. The Balaban J connectivity index is 1.46. The van der Waals surface area contributed by atoms with Crippen molar-refractivity contribution < 1.29 is 14.4 Å². The number of hydrogen-bond acceptors (Lipinski definition) is 4. The molecular weight excluding hydrogens is 328 g/mol. The van der Waals surface area contributed by atoms with E-state index in [1.54, 1.807) is 7.11 Å². The molecule has 1 aromatic carbocycles. The van der Waals surface area contributed by atoms with Crippen molar-refractivity contribution in [2.24, 2.45) is 5.92 Å². The van der Waals surface area contributed by atoms with Crippen molar-refractivity contribution in [3.8, 4) is 0 Å². The van der Waals surface area contributed by atoms with Crippen LogP contribution in [-0.2, 0) is 20.8 Å². The fraction of sp³-hybridized carbons (Fsp3) is 0.667. The summed E-state index contributed by atoms with van der Waals surface area (Å²) in [6.07, 6.45) is 6.33. The van der Waals surface area contributed by atoms with Crippen LogP contribution in [0.15, 0.2) is 24.3 Å². The number of hydroxylamine groups is 2. The van der Waals surface area contributed by atoms with E-state index in [9.17, 15) is 4.79 Å². The maximum absolute atomic E-state index is 13.2. The van der Waals surface area contributed by atoms with E-state index in [-0.39, 0.29) is 18.0 Å². The molecule has 3 aliphatic rings. The van der Waals surface area contributed by atoms with Gasteiger partial charge in [0, 0.05) is 26.3 Å². The van der Waals surface area contributed by atoms with Gasteiger partial charge in [-0.1, -0.05) is 24.3 Å². The van der Waals surface area contributed by atoms with Crippen LogP contribution >= 0.6 is 0 Å². The largest absolute Gasteiger partial charge is 0.381 e. The molecule has 2 aliphatic heterocycles. The Morgan fingerprint density at radius 1 is 1.19 bits per heavy atom. The number of hydrogen-bond donors (Lipinski definition) is 0. The number of aryl methyl sites for hydroxylation is 1. The molecule has 5 nitrogen and oxygen atoms in total. The highest BCUT2D eigenvalue weighted by atomic mass is 16.7. The second-order valence-corrected chi connectivity index (χ2v) is 7.78. The lowest BCUT2D eigenvalue weighted by molar-refractivity contribution is -0.180. The van der Waals surface area contributed by atoms with Crippen molar-refractivity contribution in [1.82, 2.24) is 9.96 Å². The van der Waals surface area contributed by atoms with E-state index in [1.807, 2.05) is 5.06 Å². The van der Waals surface area contributed by atoms with Crippen LogP contribution in [0.1, 0.15) is 49.3 Å². The molecule has 4 rings (SSSR count). The number of carbonyl (C=O) groups excluding carboxylic acids is 1. The topological polar surface area (TPSA) is 42.0 Å². The van der Waals surface area contributed by atoms with Gasteiger partial charge in [-0.2, -0.15) is 5.06 Å². The van der Waals surface area contributed by atoms with Gasteiger partial charge in [0.05, 0.1) is 13.2 Å². The quantitative estimate of drug-likeness (QED) is 0.759. The lowest BCUT2D eigenvalue weighted by Gasteiger charge is -2.35. The highest BCUT2D eigenvalue weighted by molar-refractivity contribution is 5.84. The van der Waals surface area contributed by atoms with Gasteiger partial charge >= 0.3 is 0 Å². The zero-order valence-electron chi connectivity index (χ0n) is 15.7. The number of fused-ring (bicyclic) bond motifs is 1. The molecule has 0 bridgehead atoms. The van der Waals surface area contributed by atoms with Crippen molar-refractivity contribution in [3.63, 3.8) is 0 Å². The Hall–Kier alpha value is -1.43. The van der Waals surface area contributed by atoms with Gasteiger partial charge in [0.2, 0.25) is 5.91 Å². The van der Waals surface area contributed by atoms with E-state index >= 15 is 0 Å². The Kier molecular flexibility index (Phi) is 5.57. The minimum Gasteiger partial charge on any atom is -0.381 e. The third-order valence-electron chi connectivity index (χ3n) is 6.29. The maximum Gasteiger partial charge on any atom is 0.242 e. The van der Waals surface area contributed by atoms with Gasteiger partial charge in [-0.25, -0.2) is 0 Å². The van der Waals surface area contributed by atoms with E-state index < -0.39 is 0 Å². The second kappa shape index (κ2) is 8.07. The number of benzene rings is 1. The van der Waals surface area contributed by atoms with Crippen LogP contribution in [0.2, 0.25) is 0 Å². The summed E-state index contributed by atoms with van der Waals surface area (Å²) in [5.41, 5.74) is 2.76. The van der Waals surface area contributed by atoms with Gasteiger partial charge in [-0.3, -0.25) is 4.79 Å². The van der Waals surface area contributed by atoms with Crippen molar-refractivity contribution in [1.29, 1.82) is 0 Å². The zero-order chi connectivity index (χ0) is 17.9. The number of ether oxygens (including phenoxy) is 1. The average molecular weight is 358 g/mol. The van der Waals surface area contributed by atoms with Crippen LogP contribution in [0.3, 0.4) is 0 Å². The molecular formula is C21H30N2O3. The third-order valence-corrected chi connectivity index (χ3v) is 6.29.